The Morgan fingerprint density at radius 2 is 1.94 bits per heavy atom. The van der Waals surface area contributed by atoms with Gasteiger partial charge in [0.05, 0.1) is 13.7 Å². The van der Waals surface area contributed by atoms with Gasteiger partial charge in [-0.05, 0) is 42.7 Å². The van der Waals surface area contributed by atoms with Crippen LogP contribution in [-0.2, 0) is 15.1 Å². The van der Waals surface area contributed by atoms with E-state index in [1.165, 1.54) is 7.11 Å². The highest BCUT2D eigenvalue weighted by Crippen LogP contribution is 2.30. The van der Waals surface area contributed by atoms with Crippen LogP contribution in [0.4, 0.5) is 10.5 Å². The number of imide groups is 1. The standard InChI is InChI=1S/C23H28N4O5/c1-15(2)13-26(17-8-6-9-18(28)12-17)14-20(29)25-27-21(30)23(3,24-22(27)31)16-7-5-10-19(11-16)32-4/h5-12,15,28H,13-14H2,1-4H3,(H,24,31)(H,25,29)/t23-/m1/s1. The van der Waals surface area contributed by atoms with Gasteiger partial charge in [-0.1, -0.05) is 32.0 Å². The molecule has 2 aromatic rings. The van der Waals surface area contributed by atoms with Gasteiger partial charge in [0, 0.05) is 18.3 Å². The van der Waals surface area contributed by atoms with Crippen LogP contribution in [0.25, 0.3) is 0 Å². The van der Waals surface area contributed by atoms with E-state index >= 15 is 0 Å². The van der Waals surface area contributed by atoms with Gasteiger partial charge < -0.3 is 20.1 Å². The zero-order valence-electron chi connectivity index (χ0n) is 18.6. The fraction of sp³-hybridized carbons (Fsp3) is 0.348. The molecule has 0 radical (unpaired) electrons. The molecular weight excluding hydrogens is 412 g/mol. The number of phenols is 1. The lowest BCUT2D eigenvalue weighted by Crippen LogP contribution is -2.51. The molecule has 4 amide bonds. The maximum absolute atomic E-state index is 13.1. The maximum Gasteiger partial charge on any atom is 0.344 e. The molecule has 9 nitrogen and oxygen atoms in total. The topological polar surface area (TPSA) is 111 Å². The summed E-state index contributed by atoms with van der Waals surface area (Å²) in [4.78, 5) is 40.2. The number of carbonyl (C=O) groups is 3. The molecule has 0 unspecified atom stereocenters. The van der Waals surface area contributed by atoms with E-state index in [1.54, 1.807) is 60.4 Å². The number of urea groups is 1. The van der Waals surface area contributed by atoms with Crippen LogP contribution in [0.5, 0.6) is 11.5 Å². The summed E-state index contributed by atoms with van der Waals surface area (Å²) in [5.74, 6) is -0.272. The van der Waals surface area contributed by atoms with E-state index in [-0.39, 0.29) is 18.2 Å². The predicted octanol–water partition coefficient (Wildman–Crippen LogP) is 2.36. The first-order chi connectivity index (χ1) is 15.1. The molecule has 0 saturated carbocycles. The van der Waals surface area contributed by atoms with Crippen molar-refractivity contribution in [2.24, 2.45) is 5.92 Å². The number of carbonyl (C=O) groups excluding carboxylic acids is 3. The van der Waals surface area contributed by atoms with E-state index in [2.05, 4.69) is 10.7 Å². The average Bonchev–Trinajstić information content (AvgIpc) is 2.97. The predicted molar refractivity (Wildman–Crippen MR) is 119 cm³/mol. The van der Waals surface area contributed by atoms with Gasteiger partial charge in [-0.3, -0.25) is 15.0 Å². The van der Waals surface area contributed by atoms with Crippen LogP contribution < -0.4 is 20.4 Å². The minimum Gasteiger partial charge on any atom is -0.508 e. The summed E-state index contributed by atoms with van der Waals surface area (Å²) in [6.07, 6.45) is 0. The second-order valence-corrected chi connectivity index (χ2v) is 8.26. The summed E-state index contributed by atoms with van der Waals surface area (Å²) in [5.41, 5.74) is 2.27. The highest BCUT2D eigenvalue weighted by atomic mass is 16.5. The van der Waals surface area contributed by atoms with E-state index in [0.29, 0.717) is 28.6 Å². The lowest BCUT2D eigenvalue weighted by atomic mass is 9.92. The molecule has 0 bridgehead atoms. The lowest BCUT2D eigenvalue weighted by molar-refractivity contribution is -0.138. The number of nitrogens with zero attached hydrogens (tertiary/aromatic N) is 2. The van der Waals surface area contributed by atoms with Gasteiger partial charge in [-0.15, -0.1) is 0 Å². The number of aromatic hydroxyl groups is 1. The fourth-order valence-corrected chi connectivity index (χ4v) is 3.60. The fourth-order valence-electron chi connectivity index (χ4n) is 3.60. The quantitative estimate of drug-likeness (QED) is 0.544. The Morgan fingerprint density at radius 3 is 2.59 bits per heavy atom. The van der Waals surface area contributed by atoms with Crippen molar-refractivity contribution in [3.8, 4) is 11.5 Å². The Morgan fingerprint density at radius 1 is 1.22 bits per heavy atom. The van der Waals surface area contributed by atoms with Crippen molar-refractivity contribution in [1.82, 2.24) is 15.8 Å². The molecule has 1 aliphatic heterocycles. The minimum absolute atomic E-state index is 0.0832. The van der Waals surface area contributed by atoms with Crippen LogP contribution >= 0.6 is 0 Å². The van der Waals surface area contributed by atoms with Gasteiger partial charge in [0.2, 0.25) is 0 Å². The molecule has 3 N–H and O–H groups in total. The summed E-state index contributed by atoms with van der Waals surface area (Å²) >= 11 is 0. The third kappa shape index (κ3) is 4.77. The number of nitrogens with one attached hydrogen (secondary N) is 2. The van der Waals surface area contributed by atoms with E-state index in [4.69, 9.17) is 4.74 Å². The Bertz CT molecular complexity index is 1020. The third-order valence-corrected chi connectivity index (χ3v) is 5.19. The van der Waals surface area contributed by atoms with Crippen LogP contribution in [0, 0.1) is 5.92 Å². The van der Waals surface area contributed by atoms with E-state index in [0.717, 1.165) is 0 Å². The van der Waals surface area contributed by atoms with Crippen LogP contribution in [0.3, 0.4) is 0 Å². The molecule has 1 heterocycles. The molecule has 2 aromatic carbocycles. The molecule has 0 spiro atoms. The zero-order chi connectivity index (χ0) is 23.5. The van der Waals surface area contributed by atoms with Crippen molar-refractivity contribution in [3.63, 3.8) is 0 Å². The number of benzene rings is 2. The second-order valence-electron chi connectivity index (χ2n) is 8.26. The van der Waals surface area contributed by atoms with Crippen molar-refractivity contribution in [2.45, 2.75) is 26.3 Å². The van der Waals surface area contributed by atoms with Crippen molar-refractivity contribution in [3.05, 3.63) is 54.1 Å². The summed E-state index contributed by atoms with van der Waals surface area (Å²) < 4.78 is 5.21. The van der Waals surface area contributed by atoms with Crippen molar-refractivity contribution in [2.75, 3.05) is 25.1 Å². The number of hydrogen-bond donors (Lipinski definition) is 3. The summed E-state index contributed by atoms with van der Waals surface area (Å²) in [6, 6.07) is 12.7. The molecule has 1 fully saturated rings. The first kappa shape index (κ1) is 22.9. The van der Waals surface area contributed by atoms with E-state index in [1.807, 2.05) is 13.8 Å². The highest BCUT2D eigenvalue weighted by molar-refractivity contribution is 6.08. The van der Waals surface area contributed by atoms with Crippen LogP contribution in [-0.4, -0.2) is 48.2 Å². The monoisotopic (exact) mass is 440 g/mol. The first-order valence-corrected chi connectivity index (χ1v) is 10.3. The normalized spacial score (nSPS) is 18.0. The third-order valence-electron chi connectivity index (χ3n) is 5.19. The molecule has 0 aromatic heterocycles. The average molecular weight is 441 g/mol. The molecule has 3 rings (SSSR count). The van der Waals surface area contributed by atoms with Gasteiger partial charge in [0.1, 0.15) is 17.0 Å². The number of rotatable bonds is 8. The number of anilines is 1. The molecule has 170 valence electrons. The largest absolute Gasteiger partial charge is 0.508 e. The number of methoxy groups -OCH3 is 1. The zero-order valence-corrected chi connectivity index (χ0v) is 18.6. The van der Waals surface area contributed by atoms with Crippen LogP contribution in [0.15, 0.2) is 48.5 Å². The molecule has 9 heteroatoms. The van der Waals surface area contributed by atoms with Crippen LogP contribution in [0.1, 0.15) is 26.3 Å². The molecular formula is C23H28N4O5. The number of amides is 4. The number of hydrazine groups is 1. The van der Waals surface area contributed by atoms with Gasteiger partial charge >= 0.3 is 6.03 Å². The second kappa shape index (κ2) is 9.17. The molecule has 1 atom stereocenters. The van der Waals surface area contributed by atoms with Gasteiger partial charge in [0.15, 0.2) is 0 Å². The Balaban J connectivity index is 1.76. The molecule has 1 aliphatic rings. The number of ether oxygens (including phenoxy) is 1. The molecule has 32 heavy (non-hydrogen) atoms. The van der Waals surface area contributed by atoms with E-state index in [9.17, 15) is 19.5 Å². The summed E-state index contributed by atoms with van der Waals surface area (Å²) in [5, 5.41) is 13.1. The van der Waals surface area contributed by atoms with Crippen molar-refractivity contribution in [1.29, 1.82) is 0 Å². The Labute approximate surface area is 186 Å². The minimum atomic E-state index is -1.35. The number of hydrogen-bond acceptors (Lipinski definition) is 6. The molecule has 0 aliphatic carbocycles. The number of phenolic OH excluding ortho intramolecular Hbond substituents is 1. The Hall–Kier alpha value is -3.75. The van der Waals surface area contributed by atoms with E-state index < -0.39 is 23.4 Å². The SMILES string of the molecule is COc1cccc([C@@]2(C)NC(=O)N(NC(=O)CN(CC(C)C)c3cccc(O)c3)C2=O)c1. The lowest BCUT2D eigenvalue weighted by Gasteiger charge is -2.27. The van der Waals surface area contributed by atoms with Crippen molar-refractivity contribution >= 4 is 23.5 Å². The molecule has 1 saturated heterocycles. The first-order valence-electron chi connectivity index (χ1n) is 10.3. The highest BCUT2D eigenvalue weighted by Gasteiger charge is 2.50. The van der Waals surface area contributed by atoms with Gasteiger partial charge in [-0.25, -0.2) is 4.79 Å². The van der Waals surface area contributed by atoms with Crippen LogP contribution in [0.2, 0.25) is 0 Å². The summed E-state index contributed by atoms with van der Waals surface area (Å²) in [7, 11) is 1.51. The Kier molecular flexibility index (Phi) is 6.57. The van der Waals surface area contributed by atoms with Crippen molar-refractivity contribution < 1.29 is 24.2 Å². The smallest absolute Gasteiger partial charge is 0.344 e. The van der Waals surface area contributed by atoms with Gasteiger partial charge in [-0.2, -0.15) is 5.01 Å². The maximum atomic E-state index is 13.1. The van der Waals surface area contributed by atoms with Gasteiger partial charge in [0.25, 0.3) is 11.8 Å². The summed E-state index contributed by atoms with van der Waals surface area (Å²) in [6.45, 7) is 6.02.